The van der Waals surface area contributed by atoms with Gasteiger partial charge in [-0.25, -0.2) is 0 Å². The van der Waals surface area contributed by atoms with Gasteiger partial charge in [0.1, 0.15) is 22.3 Å². The molecule has 0 unspecified atom stereocenters. The highest BCUT2D eigenvalue weighted by atomic mass is 16.3. The minimum atomic E-state index is -0.148. The lowest BCUT2D eigenvalue weighted by Crippen LogP contribution is -2.15. The van der Waals surface area contributed by atoms with E-state index in [4.69, 9.17) is 8.83 Å². The van der Waals surface area contributed by atoms with Gasteiger partial charge >= 0.3 is 0 Å². The molecule has 2 nitrogen and oxygen atoms in total. The minimum Gasteiger partial charge on any atom is -0.456 e. The molecule has 0 N–H and O–H groups in total. The summed E-state index contributed by atoms with van der Waals surface area (Å²) in [4.78, 5) is 0. The SMILES string of the molecule is CC1(C)c2cc(-c3ccc4c(-c5ccc6c(c5)oc5ccc7ccccc7c56)c5ccccc5c(-c5ccc6c(c5)oc5ccc7ccccc7c56)c4c3)ccc2-c2c1ccc1ccccc21. The second kappa shape index (κ2) is 13.3. The van der Waals surface area contributed by atoms with E-state index in [1.807, 2.05) is 0 Å². The molecule has 0 aliphatic heterocycles. The fraction of sp³-hybridized carbons (Fsp3) is 0.0462. The molecule has 0 saturated heterocycles. The molecule has 0 atom stereocenters. The Hall–Kier alpha value is -8.46. The molecule has 0 saturated carbocycles. The highest BCUT2D eigenvalue weighted by Crippen LogP contribution is 2.53. The number of fused-ring (bicyclic) bond motifs is 17. The summed E-state index contributed by atoms with van der Waals surface area (Å²) in [5.41, 5.74) is 15.9. The van der Waals surface area contributed by atoms with E-state index < -0.39 is 0 Å². The molecule has 0 spiro atoms. The van der Waals surface area contributed by atoms with Crippen molar-refractivity contribution in [2.45, 2.75) is 19.3 Å². The molecule has 12 aromatic carbocycles. The zero-order chi connectivity index (χ0) is 44.1. The van der Waals surface area contributed by atoms with Crippen LogP contribution in [0.2, 0.25) is 0 Å². The van der Waals surface area contributed by atoms with Crippen molar-refractivity contribution in [3.05, 3.63) is 217 Å². The van der Waals surface area contributed by atoms with Crippen molar-refractivity contribution in [1.82, 2.24) is 0 Å². The Bertz CT molecular complexity index is 4480. The van der Waals surface area contributed by atoms with Crippen LogP contribution < -0.4 is 0 Å². The first-order valence-electron chi connectivity index (χ1n) is 23.3. The zero-order valence-electron chi connectivity index (χ0n) is 36.9. The van der Waals surface area contributed by atoms with Crippen LogP contribution in [0.15, 0.2) is 215 Å². The van der Waals surface area contributed by atoms with E-state index in [1.54, 1.807) is 0 Å². The maximum Gasteiger partial charge on any atom is 0.136 e. The summed E-state index contributed by atoms with van der Waals surface area (Å²) >= 11 is 0. The fourth-order valence-corrected chi connectivity index (χ4v) is 12.1. The third-order valence-corrected chi connectivity index (χ3v) is 15.2. The van der Waals surface area contributed by atoms with Crippen molar-refractivity contribution in [3.8, 4) is 44.5 Å². The van der Waals surface area contributed by atoms with Crippen LogP contribution in [0.3, 0.4) is 0 Å². The van der Waals surface area contributed by atoms with Gasteiger partial charge in [-0.05, 0) is 158 Å². The first-order valence-corrected chi connectivity index (χ1v) is 23.3. The van der Waals surface area contributed by atoms with Gasteiger partial charge in [-0.3, -0.25) is 0 Å². The monoisotopic (exact) mass is 852 g/mol. The van der Waals surface area contributed by atoms with E-state index >= 15 is 0 Å². The summed E-state index contributed by atoms with van der Waals surface area (Å²) in [6, 6.07) is 76.0. The summed E-state index contributed by atoms with van der Waals surface area (Å²) in [5.74, 6) is 0. The summed E-state index contributed by atoms with van der Waals surface area (Å²) < 4.78 is 13.4. The van der Waals surface area contributed by atoms with E-state index in [0.29, 0.717) is 0 Å². The van der Waals surface area contributed by atoms with Gasteiger partial charge < -0.3 is 8.83 Å². The Labute approximate surface area is 385 Å². The molecule has 0 radical (unpaired) electrons. The molecular weight excluding hydrogens is 813 g/mol. The lowest BCUT2D eigenvalue weighted by Gasteiger charge is -2.22. The largest absolute Gasteiger partial charge is 0.456 e. The van der Waals surface area contributed by atoms with E-state index in [-0.39, 0.29) is 5.41 Å². The van der Waals surface area contributed by atoms with Crippen LogP contribution >= 0.6 is 0 Å². The molecule has 14 aromatic rings. The predicted molar refractivity (Wildman–Crippen MR) is 282 cm³/mol. The van der Waals surface area contributed by atoms with E-state index in [9.17, 15) is 0 Å². The van der Waals surface area contributed by atoms with Crippen LogP contribution in [0, 0.1) is 0 Å². The summed E-state index contributed by atoms with van der Waals surface area (Å²) in [6.45, 7) is 4.76. The Morgan fingerprint density at radius 1 is 0.284 bits per heavy atom. The van der Waals surface area contributed by atoms with Gasteiger partial charge in [-0.1, -0.05) is 172 Å². The Morgan fingerprint density at radius 2 is 0.731 bits per heavy atom. The second-order valence-electron chi connectivity index (χ2n) is 19.1. The lowest BCUT2D eigenvalue weighted by molar-refractivity contribution is 0.661. The molecule has 2 heteroatoms. The number of benzene rings is 12. The smallest absolute Gasteiger partial charge is 0.136 e. The highest BCUT2D eigenvalue weighted by Gasteiger charge is 2.36. The van der Waals surface area contributed by atoms with Gasteiger partial charge in [0.2, 0.25) is 0 Å². The van der Waals surface area contributed by atoms with Crippen LogP contribution in [0.1, 0.15) is 25.0 Å². The topological polar surface area (TPSA) is 26.3 Å². The van der Waals surface area contributed by atoms with Crippen LogP contribution in [-0.2, 0) is 5.41 Å². The fourth-order valence-electron chi connectivity index (χ4n) is 12.1. The van der Waals surface area contributed by atoms with Crippen molar-refractivity contribution in [1.29, 1.82) is 0 Å². The van der Waals surface area contributed by atoms with Gasteiger partial charge in [0.25, 0.3) is 0 Å². The molecule has 1 aliphatic rings. The number of hydrogen-bond donors (Lipinski definition) is 0. The second-order valence-corrected chi connectivity index (χ2v) is 19.1. The van der Waals surface area contributed by atoms with Gasteiger partial charge in [0.15, 0.2) is 0 Å². The molecule has 0 bridgehead atoms. The molecule has 1 aliphatic carbocycles. The Morgan fingerprint density at radius 3 is 1.34 bits per heavy atom. The molecule has 2 aromatic heterocycles. The van der Waals surface area contributed by atoms with Crippen molar-refractivity contribution in [2.75, 3.05) is 0 Å². The quantitative estimate of drug-likeness (QED) is 0.166. The van der Waals surface area contributed by atoms with Gasteiger partial charge in [0, 0.05) is 27.0 Å². The first-order chi connectivity index (χ1) is 33.0. The van der Waals surface area contributed by atoms with Crippen LogP contribution in [-0.4, -0.2) is 0 Å². The van der Waals surface area contributed by atoms with Gasteiger partial charge in [-0.15, -0.1) is 0 Å². The third kappa shape index (κ3) is 5.10. The molecule has 312 valence electrons. The van der Waals surface area contributed by atoms with Crippen LogP contribution in [0.4, 0.5) is 0 Å². The minimum absolute atomic E-state index is 0.148. The number of rotatable bonds is 3. The van der Waals surface area contributed by atoms with Crippen molar-refractivity contribution >= 4 is 97.7 Å². The van der Waals surface area contributed by atoms with Crippen LogP contribution in [0.25, 0.3) is 142 Å². The third-order valence-electron chi connectivity index (χ3n) is 15.2. The lowest BCUT2D eigenvalue weighted by atomic mass is 9.81. The number of hydrogen-bond acceptors (Lipinski definition) is 2. The van der Waals surface area contributed by atoms with Crippen LogP contribution in [0.5, 0.6) is 0 Å². The summed E-state index contributed by atoms with van der Waals surface area (Å²) in [7, 11) is 0. The number of furan rings is 2. The Kier molecular flexibility index (Phi) is 7.32. The molecule has 0 amide bonds. The average Bonchev–Trinajstić information content (AvgIpc) is 4.02. The Balaban J connectivity index is 0.987. The maximum absolute atomic E-state index is 6.73. The standard InChI is InChI=1S/C65H40O2/c1-65(2)54-30-23-37-11-3-6-14-44(37)62(54)50-27-20-41(34-55(50)65)40-19-26-49-53(33-40)61(43-22-29-52-59(36-43)67-57-32-25-39-13-5-8-16-46(39)64(52)57)48-18-10-9-17-47(48)60(49)42-21-28-51-58(35-42)66-56-31-24-38-12-4-7-15-45(38)63(51)56/h3-36H,1-2H3. The van der Waals surface area contributed by atoms with Gasteiger partial charge in [0.05, 0.1) is 0 Å². The van der Waals surface area contributed by atoms with E-state index in [2.05, 4.69) is 220 Å². The summed E-state index contributed by atoms with van der Waals surface area (Å²) in [6.07, 6.45) is 0. The summed E-state index contributed by atoms with van der Waals surface area (Å²) in [5, 5.41) is 16.8. The molecule has 2 heterocycles. The van der Waals surface area contributed by atoms with Crippen molar-refractivity contribution in [3.63, 3.8) is 0 Å². The normalized spacial score (nSPS) is 13.3. The van der Waals surface area contributed by atoms with Crippen molar-refractivity contribution in [2.24, 2.45) is 0 Å². The molecule has 0 fully saturated rings. The molecule has 67 heavy (non-hydrogen) atoms. The average molecular weight is 853 g/mol. The molecular formula is C65H40O2. The van der Waals surface area contributed by atoms with Gasteiger partial charge in [-0.2, -0.15) is 0 Å². The van der Waals surface area contributed by atoms with E-state index in [0.717, 1.165) is 55.0 Å². The molecule has 15 rings (SSSR count). The van der Waals surface area contributed by atoms with Crippen molar-refractivity contribution < 1.29 is 8.83 Å². The maximum atomic E-state index is 6.73. The van der Waals surface area contributed by atoms with E-state index in [1.165, 1.54) is 98.4 Å². The predicted octanol–water partition coefficient (Wildman–Crippen LogP) is 18.6. The highest BCUT2D eigenvalue weighted by molar-refractivity contribution is 6.25. The first kappa shape index (κ1) is 36.8. The zero-order valence-corrected chi connectivity index (χ0v) is 36.9.